The van der Waals surface area contributed by atoms with E-state index in [9.17, 15) is 13.4 Å². The van der Waals surface area contributed by atoms with Crippen molar-refractivity contribution in [2.45, 2.75) is 11.5 Å². The summed E-state index contributed by atoms with van der Waals surface area (Å²) in [5.41, 5.74) is 7.17. The van der Waals surface area contributed by atoms with Crippen LogP contribution >= 0.6 is 0 Å². The fraction of sp³-hybridized carbons (Fsp3) is 0.0833. The lowest BCUT2D eigenvalue weighted by molar-refractivity contribution is 0.275. The highest BCUT2D eigenvalue weighted by atomic mass is 32.2. The van der Waals surface area contributed by atoms with Crippen molar-refractivity contribution < 1.29 is 18.1 Å². The van der Waals surface area contributed by atoms with Crippen LogP contribution in [0.3, 0.4) is 0 Å². The number of benzene rings is 1. The first-order chi connectivity index (χ1) is 9.95. The van der Waals surface area contributed by atoms with Gasteiger partial charge in [-0.15, -0.1) is 0 Å². The highest BCUT2D eigenvalue weighted by Gasteiger charge is 2.27. The van der Waals surface area contributed by atoms with Crippen LogP contribution in [0.4, 0.5) is 11.5 Å². The van der Waals surface area contributed by atoms with Crippen LogP contribution in [-0.2, 0) is 21.3 Å². The van der Waals surface area contributed by atoms with Gasteiger partial charge in [0.1, 0.15) is 10.7 Å². The normalized spacial score (nSPS) is 14.0. The van der Waals surface area contributed by atoms with Crippen molar-refractivity contribution in [2.75, 3.05) is 10.5 Å². The topological polar surface area (TPSA) is 115 Å². The van der Waals surface area contributed by atoms with Gasteiger partial charge in [0.2, 0.25) is 0 Å². The maximum absolute atomic E-state index is 12.2. The van der Waals surface area contributed by atoms with Crippen LogP contribution in [0.2, 0.25) is 0 Å². The maximum Gasteiger partial charge on any atom is 0.491 e. The minimum atomic E-state index is -3.76. The molecule has 0 bridgehead atoms. The Morgan fingerprint density at radius 2 is 2.14 bits per heavy atom. The molecule has 0 spiro atoms. The molecule has 1 aliphatic heterocycles. The van der Waals surface area contributed by atoms with Gasteiger partial charge in [-0.05, 0) is 35.3 Å². The fourth-order valence-corrected chi connectivity index (χ4v) is 3.04. The van der Waals surface area contributed by atoms with Gasteiger partial charge in [0.25, 0.3) is 10.0 Å². The number of rotatable bonds is 3. The molecule has 0 saturated carbocycles. The Labute approximate surface area is 122 Å². The Kier molecular flexibility index (Phi) is 3.32. The zero-order valence-corrected chi connectivity index (χ0v) is 11.7. The van der Waals surface area contributed by atoms with Gasteiger partial charge in [-0.25, -0.2) is 13.4 Å². The summed E-state index contributed by atoms with van der Waals surface area (Å²) in [5.74, 6) is 0.242. The van der Waals surface area contributed by atoms with Gasteiger partial charge in [0.15, 0.2) is 0 Å². The van der Waals surface area contributed by atoms with Crippen LogP contribution in [0.25, 0.3) is 0 Å². The molecule has 0 unspecified atom stereocenters. The third kappa shape index (κ3) is 2.71. The minimum absolute atomic E-state index is 0.00833. The predicted molar refractivity (Wildman–Crippen MR) is 78.3 cm³/mol. The SMILES string of the molecule is Nc1ccc(S(=O)(=O)Nc2ccc3c(c2)B(O)OC3)cn1. The molecule has 0 atom stereocenters. The molecular formula is C12H12BN3O4S. The molecular weight excluding hydrogens is 293 g/mol. The molecule has 9 heteroatoms. The predicted octanol–water partition coefficient (Wildman–Crippen LogP) is -0.318. The average molecular weight is 305 g/mol. The number of nitrogens with zero attached hydrogens (tertiary/aromatic N) is 1. The lowest BCUT2D eigenvalue weighted by atomic mass is 9.79. The molecule has 108 valence electrons. The van der Waals surface area contributed by atoms with Crippen LogP contribution in [0.15, 0.2) is 41.4 Å². The molecule has 0 saturated heterocycles. The van der Waals surface area contributed by atoms with Crippen molar-refractivity contribution in [3.05, 3.63) is 42.1 Å². The molecule has 2 heterocycles. The lowest BCUT2D eigenvalue weighted by Crippen LogP contribution is -2.28. The summed E-state index contributed by atoms with van der Waals surface area (Å²) in [5, 5.41) is 9.63. The zero-order valence-electron chi connectivity index (χ0n) is 10.9. The quantitative estimate of drug-likeness (QED) is 0.670. The van der Waals surface area contributed by atoms with E-state index < -0.39 is 17.1 Å². The molecule has 0 fully saturated rings. The summed E-state index contributed by atoms with van der Waals surface area (Å²) in [6.07, 6.45) is 1.18. The van der Waals surface area contributed by atoms with Crippen molar-refractivity contribution in [1.29, 1.82) is 0 Å². The van der Waals surface area contributed by atoms with Crippen molar-refractivity contribution in [3.63, 3.8) is 0 Å². The van der Waals surface area contributed by atoms with E-state index in [1.807, 2.05) is 0 Å². The summed E-state index contributed by atoms with van der Waals surface area (Å²) in [7, 11) is -4.78. The lowest BCUT2D eigenvalue weighted by Gasteiger charge is -2.09. The number of hydrogen-bond acceptors (Lipinski definition) is 6. The molecule has 1 aromatic carbocycles. The largest absolute Gasteiger partial charge is 0.491 e. The summed E-state index contributed by atoms with van der Waals surface area (Å²) in [4.78, 5) is 3.76. The Balaban J connectivity index is 1.89. The summed E-state index contributed by atoms with van der Waals surface area (Å²) < 4.78 is 31.9. The summed E-state index contributed by atoms with van der Waals surface area (Å²) in [6.45, 7) is 0.311. The summed E-state index contributed by atoms with van der Waals surface area (Å²) in [6, 6.07) is 7.66. The highest BCUT2D eigenvalue weighted by molar-refractivity contribution is 7.92. The van der Waals surface area contributed by atoms with Crippen molar-refractivity contribution >= 4 is 34.1 Å². The highest BCUT2D eigenvalue weighted by Crippen LogP contribution is 2.18. The van der Waals surface area contributed by atoms with Gasteiger partial charge in [-0.1, -0.05) is 6.07 Å². The van der Waals surface area contributed by atoms with Crippen molar-refractivity contribution in [2.24, 2.45) is 0 Å². The van der Waals surface area contributed by atoms with Crippen molar-refractivity contribution in [1.82, 2.24) is 4.98 Å². The molecule has 3 rings (SSSR count). The molecule has 2 aromatic rings. The second-order valence-corrected chi connectivity index (χ2v) is 6.28. The van der Waals surface area contributed by atoms with Gasteiger partial charge in [-0.3, -0.25) is 4.72 Å². The Bertz CT molecular complexity index is 780. The second-order valence-electron chi connectivity index (χ2n) is 4.60. The Morgan fingerprint density at radius 3 is 2.86 bits per heavy atom. The van der Waals surface area contributed by atoms with Crippen LogP contribution < -0.4 is 15.9 Å². The van der Waals surface area contributed by atoms with E-state index in [1.165, 1.54) is 18.3 Å². The first-order valence-corrected chi connectivity index (χ1v) is 7.61. The fourth-order valence-electron chi connectivity index (χ4n) is 2.04. The van der Waals surface area contributed by atoms with Crippen LogP contribution in [0, 0.1) is 0 Å². The Morgan fingerprint density at radius 1 is 1.33 bits per heavy atom. The molecule has 1 aromatic heterocycles. The second kappa shape index (κ2) is 5.03. The molecule has 21 heavy (non-hydrogen) atoms. The molecule has 7 nitrogen and oxygen atoms in total. The van der Waals surface area contributed by atoms with E-state index in [0.717, 1.165) is 5.56 Å². The van der Waals surface area contributed by atoms with Crippen LogP contribution in [0.5, 0.6) is 0 Å². The number of nitrogens with two attached hydrogens (primary N) is 1. The van der Waals surface area contributed by atoms with Crippen molar-refractivity contribution in [3.8, 4) is 0 Å². The number of nitrogens with one attached hydrogen (secondary N) is 1. The van der Waals surface area contributed by atoms with E-state index in [2.05, 4.69) is 9.71 Å². The number of sulfonamides is 1. The van der Waals surface area contributed by atoms with E-state index in [1.54, 1.807) is 18.2 Å². The maximum atomic E-state index is 12.2. The molecule has 0 radical (unpaired) electrons. The first-order valence-electron chi connectivity index (χ1n) is 6.12. The average Bonchev–Trinajstić information content (AvgIpc) is 2.80. The number of pyridine rings is 1. The van der Waals surface area contributed by atoms with E-state index in [4.69, 9.17) is 10.4 Å². The van der Waals surface area contributed by atoms with Gasteiger partial charge < -0.3 is 15.4 Å². The Hall–Kier alpha value is -2.10. The van der Waals surface area contributed by atoms with E-state index in [-0.39, 0.29) is 10.7 Å². The number of hydrogen-bond donors (Lipinski definition) is 3. The minimum Gasteiger partial charge on any atom is -0.423 e. The zero-order chi connectivity index (χ0) is 15.0. The van der Waals surface area contributed by atoms with Gasteiger partial charge in [0, 0.05) is 11.9 Å². The van der Waals surface area contributed by atoms with E-state index >= 15 is 0 Å². The molecule has 0 amide bonds. The van der Waals surface area contributed by atoms with Gasteiger partial charge >= 0.3 is 7.12 Å². The van der Waals surface area contributed by atoms with E-state index in [0.29, 0.717) is 17.8 Å². The molecule has 4 N–H and O–H groups in total. The standard InChI is InChI=1S/C12H12BN3O4S/c14-12-4-3-10(6-15-12)21(18,19)16-9-2-1-8-7-20-13(17)11(8)5-9/h1-6,16-17H,7H2,(H2,14,15). The smallest absolute Gasteiger partial charge is 0.423 e. The van der Waals surface area contributed by atoms with Gasteiger partial charge in [-0.2, -0.15) is 0 Å². The molecule has 1 aliphatic rings. The van der Waals surface area contributed by atoms with Crippen LogP contribution in [-0.4, -0.2) is 25.5 Å². The number of anilines is 2. The van der Waals surface area contributed by atoms with Gasteiger partial charge in [0.05, 0.1) is 6.61 Å². The summed E-state index contributed by atoms with van der Waals surface area (Å²) >= 11 is 0. The molecule has 0 aliphatic carbocycles. The first kappa shape index (κ1) is 13.9. The number of aromatic nitrogens is 1. The monoisotopic (exact) mass is 305 g/mol. The number of nitrogen functional groups attached to an aromatic ring is 1. The third-order valence-corrected chi connectivity index (χ3v) is 4.50. The number of fused-ring (bicyclic) bond motifs is 1. The third-order valence-electron chi connectivity index (χ3n) is 3.13. The van der Waals surface area contributed by atoms with Crippen LogP contribution in [0.1, 0.15) is 5.56 Å².